The van der Waals surface area contributed by atoms with Gasteiger partial charge >= 0.3 is 8.03 Å². The van der Waals surface area contributed by atoms with Crippen molar-refractivity contribution < 1.29 is 18.7 Å². The van der Waals surface area contributed by atoms with Crippen molar-refractivity contribution in [1.29, 1.82) is 0 Å². The first-order valence-corrected chi connectivity index (χ1v) is 9.91. The second-order valence-corrected chi connectivity index (χ2v) is 7.40. The summed E-state index contributed by atoms with van der Waals surface area (Å²) in [7, 11) is -2.49. The van der Waals surface area contributed by atoms with E-state index in [9.17, 15) is 14.3 Å². The molecule has 0 radical (unpaired) electrons. The lowest BCUT2D eigenvalue weighted by Gasteiger charge is -2.12. The summed E-state index contributed by atoms with van der Waals surface area (Å²) in [6, 6.07) is 20.8. The molecule has 1 aromatic heterocycles. The number of para-hydroxylation sites is 1. The van der Waals surface area contributed by atoms with E-state index in [1.807, 2.05) is 60.7 Å². The van der Waals surface area contributed by atoms with Gasteiger partial charge in [-0.2, -0.15) is 4.89 Å². The Balaban J connectivity index is 1.67. The highest BCUT2D eigenvalue weighted by atomic mass is 31.1. The van der Waals surface area contributed by atoms with Gasteiger partial charge in [0.1, 0.15) is 11.5 Å². The molecule has 4 aromatic rings. The van der Waals surface area contributed by atoms with Crippen molar-refractivity contribution in [2.75, 3.05) is 11.5 Å². The van der Waals surface area contributed by atoms with Crippen LogP contribution in [0.3, 0.4) is 0 Å². The van der Waals surface area contributed by atoms with E-state index in [1.165, 1.54) is 6.26 Å². The minimum Gasteiger partial charge on any atom is -0.464 e. The van der Waals surface area contributed by atoms with E-state index in [1.54, 1.807) is 6.07 Å². The summed E-state index contributed by atoms with van der Waals surface area (Å²) in [5.41, 5.74) is 1.90. The Morgan fingerprint density at radius 2 is 1.78 bits per heavy atom. The van der Waals surface area contributed by atoms with Gasteiger partial charge < -0.3 is 9.73 Å². The number of amides is 1. The Morgan fingerprint density at radius 1 is 1.04 bits per heavy atom. The Kier molecular flexibility index (Phi) is 4.71. The molecule has 2 unspecified atom stereocenters. The topological polar surface area (TPSA) is 79.5 Å². The smallest absolute Gasteiger partial charge is 0.464 e. The van der Waals surface area contributed by atoms with Crippen LogP contribution >= 0.6 is 8.03 Å². The van der Waals surface area contributed by atoms with E-state index in [2.05, 4.69) is 5.32 Å². The number of fused-ring (bicyclic) bond motifs is 2. The third kappa shape index (κ3) is 3.61. The molecule has 0 saturated heterocycles. The predicted molar refractivity (Wildman–Crippen MR) is 106 cm³/mol. The van der Waals surface area contributed by atoms with Gasteiger partial charge in [0.25, 0.3) is 0 Å². The van der Waals surface area contributed by atoms with Crippen LogP contribution < -0.4 is 5.32 Å². The molecule has 2 N–H and O–H groups in total. The molecular weight excluding hydrogens is 361 g/mol. The van der Waals surface area contributed by atoms with Crippen molar-refractivity contribution in [2.45, 2.75) is 5.92 Å². The van der Waals surface area contributed by atoms with Crippen LogP contribution in [0.1, 0.15) is 11.5 Å². The first-order chi connectivity index (χ1) is 13.1. The van der Waals surface area contributed by atoms with E-state index in [4.69, 9.17) is 4.42 Å². The highest BCUT2D eigenvalue weighted by Crippen LogP contribution is 2.34. The van der Waals surface area contributed by atoms with Crippen LogP contribution in [0.15, 0.2) is 77.4 Å². The minimum absolute atomic E-state index is 0.168. The van der Waals surface area contributed by atoms with Crippen LogP contribution in [0.25, 0.3) is 21.7 Å². The first kappa shape index (κ1) is 17.4. The minimum atomic E-state index is -2.49. The highest BCUT2D eigenvalue weighted by molar-refractivity contribution is 7.38. The lowest BCUT2D eigenvalue weighted by atomic mass is 9.99. The molecule has 1 amide bonds. The Hall–Kier alpha value is -3.01. The molecule has 4 rings (SSSR count). The largest absolute Gasteiger partial charge is 0.506 e. The van der Waals surface area contributed by atoms with Crippen LogP contribution in [-0.2, 0) is 9.36 Å². The summed E-state index contributed by atoms with van der Waals surface area (Å²) in [6.45, 7) is 0. The van der Waals surface area contributed by atoms with Crippen LogP contribution in [0, 0.1) is 0 Å². The summed E-state index contributed by atoms with van der Waals surface area (Å²) < 4.78 is 17.0. The van der Waals surface area contributed by atoms with Crippen LogP contribution in [0.2, 0.25) is 0 Å². The molecule has 27 heavy (non-hydrogen) atoms. The van der Waals surface area contributed by atoms with Crippen molar-refractivity contribution in [3.8, 4) is 0 Å². The molecule has 1 heterocycles. The van der Waals surface area contributed by atoms with Gasteiger partial charge in [0.15, 0.2) is 6.16 Å². The van der Waals surface area contributed by atoms with Gasteiger partial charge in [0.2, 0.25) is 5.91 Å². The van der Waals surface area contributed by atoms with Gasteiger partial charge in [-0.1, -0.05) is 48.5 Å². The molecule has 3 aromatic carbocycles. The number of hydrogen-bond donors (Lipinski definition) is 2. The number of hydrogen-bond acceptors (Lipinski definition) is 3. The molecule has 0 spiro atoms. The first-order valence-electron chi connectivity index (χ1n) is 8.51. The fourth-order valence-corrected chi connectivity index (χ4v) is 3.92. The van der Waals surface area contributed by atoms with Gasteiger partial charge in [0.05, 0.1) is 6.26 Å². The van der Waals surface area contributed by atoms with Gasteiger partial charge in [-0.05, 0) is 33.5 Å². The average Bonchev–Trinajstić information content (AvgIpc) is 3.09. The standard InChI is InChI=1S/C21H16NO4P/c23-21(22-16-10-9-14-5-1-2-6-15(14)11-16)19(13-27(24)25)18-12-26-20-8-4-3-7-17(18)20/h1-12,19H,13H2,(H-,22,23,24,25)/p+1. The zero-order valence-corrected chi connectivity index (χ0v) is 15.2. The third-order valence-corrected chi connectivity index (χ3v) is 5.24. The van der Waals surface area contributed by atoms with E-state index < -0.39 is 13.9 Å². The molecule has 134 valence electrons. The van der Waals surface area contributed by atoms with Gasteiger partial charge in [-0.25, -0.2) is 0 Å². The number of carbonyl (C=O) groups excluding carboxylic acids is 1. The predicted octanol–water partition coefficient (Wildman–Crippen LogP) is 5.04. The maximum absolute atomic E-state index is 12.9. The lowest BCUT2D eigenvalue weighted by molar-refractivity contribution is -0.117. The Morgan fingerprint density at radius 3 is 2.59 bits per heavy atom. The second kappa shape index (κ2) is 7.31. The summed E-state index contributed by atoms with van der Waals surface area (Å²) in [5.74, 6) is -1.12. The SMILES string of the molecule is O=C(Nc1ccc2ccccc2c1)C(C[P+](=O)O)c1coc2ccccc12. The van der Waals surface area contributed by atoms with Crippen molar-refractivity contribution in [1.82, 2.24) is 0 Å². The van der Waals surface area contributed by atoms with Gasteiger partial charge in [-0.15, -0.1) is 0 Å². The number of carbonyl (C=O) groups is 1. The Bertz CT molecular complexity index is 1150. The fourth-order valence-electron chi connectivity index (χ4n) is 3.24. The molecule has 0 bridgehead atoms. The van der Waals surface area contributed by atoms with Gasteiger partial charge in [-0.3, -0.25) is 4.79 Å². The van der Waals surface area contributed by atoms with Crippen molar-refractivity contribution in [3.05, 3.63) is 78.6 Å². The molecule has 2 atom stereocenters. The van der Waals surface area contributed by atoms with Crippen molar-refractivity contribution in [2.24, 2.45) is 0 Å². The highest BCUT2D eigenvalue weighted by Gasteiger charge is 2.32. The third-order valence-electron chi connectivity index (χ3n) is 4.56. The summed E-state index contributed by atoms with van der Waals surface area (Å²) in [5, 5.41) is 5.73. The molecule has 0 fully saturated rings. The molecule has 0 aliphatic carbocycles. The quantitative estimate of drug-likeness (QED) is 0.477. The number of furan rings is 1. The van der Waals surface area contributed by atoms with E-state index in [-0.39, 0.29) is 12.1 Å². The maximum atomic E-state index is 12.9. The Labute approximate surface area is 156 Å². The van der Waals surface area contributed by atoms with Crippen molar-refractivity contribution in [3.63, 3.8) is 0 Å². The molecule has 0 aliphatic rings. The van der Waals surface area contributed by atoms with Crippen LogP contribution in [-0.4, -0.2) is 17.0 Å². The molecule has 5 nitrogen and oxygen atoms in total. The zero-order valence-electron chi connectivity index (χ0n) is 14.3. The van der Waals surface area contributed by atoms with E-state index >= 15 is 0 Å². The summed E-state index contributed by atoms with van der Waals surface area (Å²) >= 11 is 0. The lowest BCUT2D eigenvalue weighted by Crippen LogP contribution is -2.22. The zero-order chi connectivity index (χ0) is 18.8. The number of anilines is 1. The molecular formula is C21H17NO4P+. The van der Waals surface area contributed by atoms with E-state index in [0.29, 0.717) is 16.8 Å². The summed E-state index contributed by atoms with van der Waals surface area (Å²) in [4.78, 5) is 22.4. The van der Waals surface area contributed by atoms with E-state index in [0.717, 1.165) is 16.2 Å². The number of nitrogens with one attached hydrogen (secondary N) is 1. The number of benzene rings is 3. The van der Waals surface area contributed by atoms with Crippen LogP contribution in [0.5, 0.6) is 0 Å². The van der Waals surface area contributed by atoms with Crippen LogP contribution in [0.4, 0.5) is 5.69 Å². The maximum Gasteiger partial charge on any atom is 0.506 e. The normalized spacial score (nSPS) is 12.9. The number of rotatable bonds is 5. The molecule has 0 saturated carbocycles. The summed E-state index contributed by atoms with van der Waals surface area (Å²) in [6.07, 6.45) is 1.33. The molecule has 0 aliphatic heterocycles. The molecule has 6 heteroatoms. The average molecular weight is 378 g/mol. The van der Waals surface area contributed by atoms with Crippen molar-refractivity contribution >= 4 is 41.4 Å². The second-order valence-electron chi connectivity index (χ2n) is 6.33. The van der Waals surface area contributed by atoms with Gasteiger partial charge in [0, 0.05) is 16.6 Å². The monoisotopic (exact) mass is 378 g/mol. The fraction of sp³-hybridized carbons (Fsp3) is 0.0952.